The maximum absolute atomic E-state index is 10.4. The number of carboxylic acid groups (broad SMARTS) is 1. The molecule has 0 bridgehead atoms. The Morgan fingerprint density at radius 3 is 2.79 bits per heavy atom. The van der Waals surface area contributed by atoms with Crippen LogP contribution in [0, 0.1) is 0 Å². The molecule has 0 radical (unpaired) electrons. The summed E-state index contributed by atoms with van der Waals surface area (Å²) in [5, 5.41) is 12.2. The Bertz CT molecular complexity index is 417. The number of aliphatic carboxylic acids is 1. The van der Waals surface area contributed by atoms with Crippen molar-refractivity contribution in [1.82, 2.24) is 5.32 Å². The number of nitrogens with one attached hydrogen (secondary N) is 1. The van der Waals surface area contributed by atoms with Crippen LogP contribution in [-0.4, -0.2) is 23.7 Å². The summed E-state index contributed by atoms with van der Waals surface area (Å²) in [6.07, 6.45) is 6.69. The van der Waals surface area contributed by atoms with Gasteiger partial charge in [0.1, 0.15) is 0 Å². The van der Waals surface area contributed by atoms with Crippen LogP contribution in [0.5, 0.6) is 0 Å². The summed E-state index contributed by atoms with van der Waals surface area (Å²) in [7, 11) is 0. The molecule has 3 heteroatoms. The van der Waals surface area contributed by atoms with E-state index in [1.165, 1.54) is 24.0 Å². The molecule has 1 aliphatic carbocycles. The first-order valence-electron chi connectivity index (χ1n) is 7.27. The third kappa shape index (κ3) is 4.67. The summed E-state index contributed by atoms with van der Waals surface area (Å²) >= 11 is 0. The molecule has 1 unspecified atom stereocenters. The monoisotopic (exact) mass is 261 g/mol. The van der Waals surface area contributed by atoms with Crippen molar-refractivity contribution in [2.24, 2.45) is 0 Å². The Balaban J connectivity index is 1.62. The van der Waals surface area contributed by atoms with Crippen LogP contribution in [-0.2, 0) is 17.6 Å². The second-order valence-electron chi connectivity index (χ2n) is 5.37. The molecule has 2 rings (SSSR count). The van der Waals surface area contributed by atoms with Crippen molar-refractivity contribution in [2.45, 2.75) is 51.0 Å². The zero-order chi connectivity index (χ0) is 13.5. The molecule has 19 heavy (non-hydrogen) atoms. The average Bonchev–Trinajstić information content (AvgIpc) is 2.42. The Kier molecular flexibility index (Phi) is 5.40. The van der Waals surface area contributed by atoms with E-state index in [9.17, 15) is 4.79 Å². The van der Waals surface area contributed by atoms with Crippen LogP contribution >= 0.6 is 0 Å². The van der Waals surface area contributed by atoms with Crippen LogP contribution in [0.2, 0.25) is 0 Å². The van der Waals surface area contributed by atoms with Crippen LogP contribution < -0.4 is 5.32 Å². The Morgan fingerprint density at radius 1 is 1.21 bits per heavy atom. The molecule has 2 N–H and O–H groups in total. The largest absolute Gasteiger partial charge is 0.481 e. The molecular weight excluding hydrogens is 238 g/mol. The normalized spacial score (nSPS) is 18.0. The number of benzene rings is 1. The van der Waals surface area contributed by atoms with Crippen LogP contribution in [0.3, 0.4) is 0 Å². The third-order valence-electron chi connectivity index (χ3n) is 3.85. The first-order valence-corrected chi connectivity index (χ1v) is 7.27. The quantitative estimate of drug-likeness (QED) is 0.742. The van der Waals surface area contributed by atoms with Gasteiger partial charge in [-0.1, -0.05) is 30.7 Å². The van der Waals surface area contributed by atoms with Crippen LogP contribution in [0.1, 0.15) is 43.2 Å². The molecular formula is C16H23NO2. The lowest BCUT2D eigenvalue weighted by molar-refractivity contribution is -0.137. The number of rotatable bonds is 7. The van der Waals surface area contributed by atoms with Crippen LogP contribution in [0.25, 0.3) is 0 Å². The second kappa shape index (κ2) is 7.29. The highest BCUT2D eigenvalue weighted by molar-refractivity contribution is 5.66. The van der Waals surface area contributed by atoms with E-state index < -0.39 is 5.97 Å². The molecule has 0 saturated carbocycles. The predicted octanol–water partition coefficient (Wildman–Crippen LogP) is 2.78. The predicted molar refractivity (Wildman–Crippen MR) is 76.4 cm³/mol. The van der Waals surface area contributed by atoms with Crippen molar-refractivity contribution >= 4 is 5.97 Å². The molecule has 0 spiro atoms. The van der Waals surface area contributed by atoms with Crippen LogP contribution in [0.4, 0.5) is 0 Å². The van der Waals surface area contributed by atoms with Gasteiger partial charge in [-0.25, -0.2) is 0 Å². The number of hydrogen-bond donors (Lipinski definition) is 2. The number of aryl methyl sites for hydroxylation is 1. The molecule has 0 aromatic heterocycles. The summed E-state index contributed by atoms with van der Waals surface area (Å²) in [6, 6.07) is 9.30. The van der Waals surface area contributed by atoms with Crippen molar-refractivity contribution in [3.8, 4) is 0 Å². The first-order chi connectivity index (χ1) is 9.25. The van der Waals surface area contributed by atoms with E-state index in [0.29, 0.717) is 12.5 Å². The van der Waals surface area contributed by atoms with Gasteiger partial charge in [0.2, 0.25) is 0 Å². The second-order valence-corrected chi connectivity index (χ2v) is 5.37. The van der Waals surface area contributed by atoms with Gasteiger partial charge in [-0.2, -0.15) is 0 Å². The van der Waals surface area contributed by atoms with E-state index in [-0.39, 0.29) is 0 Å². The van der Waals surface area contributed by atoms with Crippen molar-refractivity contribution in [3.05, 3.63) is 35.4 Å². The zero-order valence-corrected chi connectivity index (χ0v) is 11.4. The zero-order valence-electron chi connectivity index (χ0n) is 11.4. The van der Waals surface area contributed by atoms with Gasteiger partial charge in [0.15, 0.2) is 0 Å². The summed E-state index contributed by atoms with van der Waals surface area (Å²) in [6.45, 7) is 1.01. The topological polar surface area (TPSA) is 49.3 Å². The first kappa shape index (κ1) is 14.1. The number of carbonyl (C=O) groups is 1. The van der Waals surface area contributed by atoms with Crippen molar-refractivity contribution in [2.75, 3.05) is 6.54 Å². The lowest BCUT2D eigenvalue weighted by atomic mass is 9.88. The lowest BCUT2D eigenvalue weighted by Gasteiger charge is -2.25. The molecule has 0 fully saturated rings. The molecule has 0 amide bonds. The van der Waals surface area contributed by atoms with Gasteiger partial charge < -0.3 is 10.4 Å². The highest BCUT2D eigenvalue weighted by atomic mass is 16.4. The molecule has 104 valence electrons. The third-order valence-corrected chi connectivity index (χ3v) is 3.85. The maximum Gasteiger partial charge on any atom is 0.303 e. The average molecular weight is 261 g/mol. The standard InChI is InChI=1S/C16H23NO2/c18-16(19)8-2-1-5-11-17-15-10-9-13-6-3-4-7-14(13)12-15/h3-4,6-7,15,17H,1-2,5,8-12H2,(H,18,19). The van der Waals surface area contributed by atoms with Gasteiger partial charge >= 0.3 is 5.97 Å². The molecule has 3 nitrogen and oxygen atoms in total. The summed E-state index contributed by atoms with van der Waals surface area (Å²) in [4.78, 5) is 10.4. The molecule has 1 aromatic rings. The van der Waals surface area contributed by atoms with Gasteiger partial charge in [0.05, 0.1) is 0 Å². The fourth-order valence-corrected chi connectivity index (χ4v) is 2.76. The summed E-state index contributed by atoms with van der Waals surface area (Å²) in [5.41, 5.74) is 2.99. The van der Waals surface area contributed by atoms with Crippen LogP contribution in [0.15, 0.2) is 24.3 Å². The minimum absolute atomic E-state index is 0.302. The van der Waals surface area contributed by atoms with E-state index in [0.717, 1.165) is 32.2 Å². The molecule has 1 aromatic carbocycles. The molecule has 1 aliphatic rings. The number of carboxylic acids is 1. The lowest BCUT2D eigenvalue weighted by Crippen LogP contribution is -2.35. The van der Waals surface area contributed by atoms with Crippen molar-refractivity contribution in [1.29, 1.82) is 0 Å². The highest BCUT2D eigenvalue weighted by Gasteiger charge is 2.16. The number of fused-ring (bicyclic) bond motifs is 1. The minimum atomic E-state index is -0.683. The summed E-state index contributed by atoms with van der Waals surface area (Å²) in [5.74, 6) is -0.683. The van der Waals surface area contributed by atoms with E-state index in [1.54, 1.807) is 0 Å². The van der Waals surface area contributed by atoms with E-state index in [4.69, 9.17) is 5.11 Å². The van der Waals surface area contributed by atoms with Gasteiger partial charge in [0, 0.05) is 12.5 Å². The van der Waals surface area contributed by atoms with Crippen molar-refractivity contribution in [3.63, 3.8) is 0 Å². The van der Waals surface area contributed by atoms with Gasteiger partial charge in [-0.3, -0.25) is 4.79 Å². The SMILES string of the molecule is O=C(O)CCCCCNC1CCc2ccccc2C1. The van der Waals surface area contributed by atoms with Gasteiger partial charge in [-0.05, 0) is 49.8 Å². The molecule has 1 atom stereocenters. The Morgan fingerprint density at radius 2 is 2.00 bits per heavy atom. The fraction of sp³-hybridized carbons (Fsp3) is 0.562. The summed E-state index contributed by atoms with van der Waals surface area (Å²) < 4.78 is 0. The smallest absolute Gasteiger partial charge is 0.303 e. The molecule has 0 heterocycles. The van der Waals surface area contributed by atoms with Crippen molar-refractivity contribution < 1.29 is 9.90 Å². The minimum Gasteiger partial charge on any atom is -0.481 e. The molecule has 0 aliphatic heterocycles. The fourth-order valence-electron chi connectivity index (χ4n) is 2.76. The van der Waals surface area contributed by atoms with Gasteiger partial charge in [0.25, 0.3) is 0 Å². The Labute approximate surface area is 115 Å². The van der Waals surface area contributed by atoms with Gasteiger partial charge in [-0.15, -0.1) is 0 Å². The maximum atomic E-state index is 10.4. The Hall–Kier alpha value is -1.35. The van der Waals surface area contributed by atoms with E-state index in [2.05, 4.69) is 29.6 Å². The highest BCUT2D eigenvalue weighted by Crippen LogP contribution is 2.20. The number of hydrogen-bond acceptors (Lipinski definition) is 2. The van der Waals surface area contributed by atoms with E-state index >= 15 is 0 Å². The molecule has 0 saturated heterocycles. The number of unbranched alkanes of at least 4 members (excludes halogenated alkanes) is 2. The van der Waals surface area contributed by atoms with E-state index in [1.807, 2.05) is 0 Å².